The first kappa shape index (κ1) is 14.1. The number of rotatable bonds is 3. The minimum absolute atomic E-state index is 0.185. The van der Waals surface area contributed by atoms with Crippen molar-refractivity contribution in [1.82, 2.24) is 20.1 Å². The Labute approximate surface area is 137 Å². The molecule has 0 aliphatic carbocycles. The number of benzene rings is 1. The fraction of sp³-hybridized carbons (Fsp3) is 0. The standard InChI is InChI=1S/C18H11N4O2/c23-18-13(11-20-17(21-18)14-8-4-5-9-19-14)16-10-15(22-24-16)12-6-2-1-3-7-12/h2-11H,(H,20,21,23). The first-order valence-corrected chi connectivity index (χ1v) is 7.22. The van der Waals surface area contributed by atoms with Crippen molar-refractivity contribution in [2.45, 2.75) is 0 Å². The summed E-state index contributed by atoms with van der Waals surface area (Å²) in [6.45, 7) is 0. The molecule has 0 saturated heterocycles. The SMILES string of the molecule is Oc1nc(-c2ccccn2)ncc1-c1cc(-c2cc[c]cc2)no1. The highest BCUT2D eigenvalue weighted by molar-refractivity contribution is 5.69. The molecule has 0 unspecified atom stereocenters. The molecule has 0 bridgehead atoms. The Morgan fingerprint density at radius 3 is 2.62 bits per heavy atom. The molecule has 0 atom stereocenters. The van der Waals surface area contributed by atoms with Crippen molar-refractivity contribution in [3.05, 3.63) is 67.0 Å². The number of aromatic nitrogens is 4. The van der Waals surface area contributed by atoms with Gasteiger partial charge in [0, 0.05) is 24.0 Å². The summed E-state index contributed by atoms with van der Waals surface area (Å²) < 4.78 is 5.32. The maximum absolute atomic E-state index is 10.2. The highest BCUT2D eigenvalue weighted by Gasteiger charge is 2.15. The topological polar surface area (TPSA) is 84.9 Å². The van der Waals surface area contributed by atoms with Crippen molar-refractivity contribution in [2.24, 2.45) is 0 Å². The summed E-state index contributed by atoms with van der Waals surface area (Å²) in [5.41, 5.74) is 2.51. The van der Waals surface area contributed by atoms with E-state index in [9.17, 15) is 5.11 Å². The Bertz CT molecular complexity index is 969. The number of hydrogen-bond donors (Lipinski definition) is 1. The summed E-state index contributed by atoms with van der Waals surface area (Å²) in [4.78, 5) is 12.5. The van der Waals surface area contributed by atoms with E-state index in [0.717, 1.165) is 5.56 Å². The predicted molar refractivity (Wildman–Crippen MR) is 86.7 cm³/mol. The van der Waals surface area contributed by atoms with Crippen LogP contribution in [0.1, 0.15) is 0 Å². The van der Waals surface area contributed by atoms with Crippen LogP contribution in [0.25, 0.3) is 34.1 Å². The summed E-state index contributed by atoms with van der Waals surface area (Å²) in [5, 5.41) is 14.2. The first-order chi connectivity index (χ1) is 11.8. The quantitative estimate of drug-likeness (QED) is 0.624. The summed E-state index contributed by atoms with van der Waals surface area (Å²) >= 11 is 0. The van der Waals surface area contributed by atoms with E-state index >= 15 is 0 Å². The van der Waals surface area contributed by atoms with Crippen LogP contribution in [0.15, 0.2) is 65.4 Å². The lowest BCUT2D eigenvalue weighted by Crippen LogP contribution is -1.92. The number of pyridine rings is 1. The highest BCUT2D eigenvalue weighted by atomic mass is 16.5. The summed E-state index contributed by atoms with van der Waals surface area (Å²) in [6.07, 6.45) is 3.14. The van der Waals surface area contributed by atoms with Gasteiger partial charge in [-0.3, -0.25) is 4.98 Å². The second-order valence-electron chi connectivity index (χ2n) is 5.01. The van der Waals surface area contributed by atoms with Gasteiger partial charge in [0.1, 0.15) is 17.0 Å². The molecule has 0 spiro atoms. The molecule has 3 heterocycles. The maximum atomic E-state index is 10.2. The lowest BCUT2D eigenvalue weighted by Gasteiger charge is -2.02. The van der Waals surface area contributed by atoms with Crippen molar-refractivity contribution in [2.75, 3.05) is 0 Å². The molecular formula is C18H11N4O2. The molecule has 0 fully saturated rings. The molecule has 1 N–H and O–H groups in total. The van der Waals surface area contributed by atoms with E-state index in [-0.39, 0.29) is 5.88 Å². The summed E-state index contributed by atoms with van der Waals surface area (Å²) in [6, 6.07) is 17.4. The minimum Gasteiger partial charge on any atom is -0.493 e. The Morgan fingerprint density at radius 1 is 1.00 bits per heavy atom. The van der Waals surface area contributed by atoms with Crippen molar-refractivity contribution < 1.29 is 9.63 Å². The molecule has 0 amide bonds. The van der Waals surface area contributed by atoms with Crippen molar-refractivity contribution in [1.29, 1.82) is 0 Å². The third-order valence-corrected chi connectivity index (χ3v) is 3.45. The highest BCUT2D eigenvalue weighted by Crippen LogP contribution is 2.31. The second kappa shape index (κ2) is 5.92. The van der Waals surface area contributed by atoms with E-state index in [1.165, 1.54) is 6.20 Å². The molecule has 0 saturated carbocycles. The largest absolute Gasteiger partial charge is 0.493 e. The van der Waals surface area contributed by atoms with E-state index in [4.69, 9.17) is 4.52 Å². The van der Waals surface area contributed by atoms with Crippen molar-refractivity contribution in [3.63, 3.8) is 0 Å². The fourth-order valence-electron chi connectivity index (χ4n) is 2.26. The zero-order chi connectivity index (χ0) is 16.4. The minimum atomic E-state index is -0.185. The molecular weight excluding hydrogens is 304 g/mol. The van der Waals surface area contributed by atoms with Crippen LogP contribution in [0.5, 0.6) is 5.88 Å². The third-order valence-electron chi connectivity index (χ3n) is 3.45. The molecule has 6 heteroatoms. The molecule has 4 rings (SSSR count). The molecule has 6 nitrogen and oxygen atoms in total. The van der Waals surface area contributed by atoms with Crippen LogP contribution in [-0.2, 0) is 0 Å². The van der Waals surface area contributed by atoms with Gasteiger partial charge in [-0.05, 0) is 18.2 Å². The van der Waals surface area contributed by atoms with Crippen LogP contribution in [-0.4, -0.2) is 25.2 Å². The van der Waals surface area contributed by atoms with Crippen LogP contribution >= 0.6 is 0 Å². The van der Waals surface area contributed by atoms with Crippen molar-refractivity contribution >= 4 is 0 Å². The van der Waals surface area contributed by atoms with Gasteiger partial charge in [0.25, 0.3) is 0 Å². The number of aromatic hydroxyl groups is 1. The van der Waals surface area contributed by atoms with Crippen LogP contribution in [0, 0.1) is 6.07 Å². The lowest BCUT2D eigenvalue weighted by molar-refractivity contribution is 0.423. The second-order valence-corrected chi connectivity index (χ2v) is 5.01. The van der Waals surface area contributed by atoms with Crippen LogP contribution in [0.2, 0.25) is 0 Å². The van der Waals surface area contributed by atoms with E-state index in [0.29, 0.717) is 28.5 Å². The van der Waals surface area contributed by atoms with Crippen LogP contribution in [0.4, 0.5) is 0 Å². The lowest BCUT2D eigenvalue weighted by atomic mass is 10.1. The van der Waals surface area contributed by atoms with Crippen molar-refractivity contribution in [3.8, 4) is 40.0 Å². The summed E-state index contributed by atoms with van der Waals surface area (Å²) in [5.74, 6) is 0.549. The summed E-state index contributed by atoms with van der Waals surface area (Å²) in [7, 11) is 0. The van der Waals surface area contributed by atoms with E-state index in [2.05, 4.69) is 26.2 Å². The molecule has 0 aliphatic heterocycles. The third kappa shape index (κ3) is 2.61. The average molecular weight is 315 g/mol. The molecule has 3 aromatic heterocycles. The van der Waals surface area contributed by atoms with Gasteiger partial charge in [0.2, 0.25) is 5.88 Å². The van der Waals surface area contributed by atoms with Gasteiger partial charge in [-0.1, -0.05) is 35.5 Å². The Balaban J connectivity index is 1.69. The van der Waals surface area contributed by atoms with Gasteiger partial charge < -0.3 is 9.63 Å². The number of nitrogens with zero attached hydrogens (tertiary/aromatic N) is 4. The van der Waals surface area contributed by atoms with E-state index in [1.54, 1.807) is 36.5 Å². The Kier molecular flexibility index (Phi) is 3.47. The predicted octanol–water partition coefficient (Wildman–Crippen LogP) is 3.37. The van der Waals surface area contributed by atoms with E-state index < -0.39 is 0 Å². The van der Waals surface area contributed by atoms with Gasteiger partial charge in [0.05, 0.1) is 0 Å². The molecule has 1 radical (unpaired) electrons. The zero-order valence-corrected chi connectivity index (χ0v) is 12.4. The van der Waals surface area contributed by atoms with Gasteiger partial charge in [-0.15, -0.1) is 0 Å². The van der Waals surface area contributed by atoms with Gasteiger partial charge in [-0.2, -0.15) is 4.98 Å². The molecule has 1 aromatic carbocycles. The molecule has 115 valence electrons. The van der Waals surface area contributed by atoms with E-state index in [1.807, 2.05) is 18.2 Å². The number of hydrogen-bond acceptors (Lipinski definition) is 6. The molecule has 0 aliphatic rings. The average Bonchev–Trinajstić information content (AvgIpc) is 3.13. The van der Waals surface area contributed by atoms with Gasteiger partial charge >= 0.3 is 0 Å². The Hall–Kier alpha value is -3.54. The van der Waals surface area contributed by atoms with Crippen LogP contribution < -0.4 is 0 Å². The molecule has 24 heavy (non-hydrogen) atoms. The van der Waals surface area contributed by atoms with Gasteiger partial charge in [0.15, 0.2) is 11.6 Å². The van der Waals surface area contributed by atoms with Gasteiger partial charge in [-0.25, -0.2) is 4.98 Å². The normalized spacial score (nSPS) is 10.7. The fourth-order valence-corrected chi connectivity index (χ4v) is 2.26. The maximum Gasteiger partial charge on any atom is 0.225 e. The first-order valence-electron chi connectivity index (χ1n) is 7.22. The monoisotopic (exact) mass is 315 g/mol. The zero-order valence-electron chi connectivity index (χ0n) is 12.4. The molecule has 4 aromatic rings. The smallest absolute Gasteiger partial charge is 0.225 e. The Morgan fingerprint density at radius 2 is 1.88 bits per heavy atom. The van der Waals surface area contributed by atoms with Crippen LogP contribution in [0.3, 0.4) is 0 Å².